The Kier molecular flexibility index (Phi) is 4.02. The van der Waals surface area contributed by atoms with Gasteiger partial charge in [-0.05, 0) is 19.9 Å². The van der Waals surface area contributed by atoms with Crippen LogP contribution in [0.3, 0.4) is 0 Å². The molecule has 0 radical (unpaired) electrons. The zero-order valence-electron chi connectivity index (χ0n) is 11.6. The normalized spacial score (nSPS) is 15.0. The molecule has 1 fully saturated rings. The summed E-state index contributed by atoms with van der Waals surface area (Å²) in [7, 11) is 0. The molecule has 2 heterocycles. The number of carbonyl (C=O) groups excluding carboxylic acids is 2. The Morgan fingerprint density at radius 1 is 1.55 bits per heavy atom. The van der Waals surface area contributed by atoms with Gasteiger partial charge in [0, 0.05) is 24.7 Å². The summed E-state index contributed by atoms with van der Waals surface area (Å²) in [5, 5.41) is 2.30. The topological polar surface area (TPSA) is 71.5 Å². The third kappa shape index (κ3) is 2.79. The number of anilines is 1. The van der Waals surface area contributed by atoms with E-state index in [1.54, 1.807) is 12.3 Å². The number of hydrogen-bond donors (Lipinski definition) is 1. The highest BCUT2D eigenvalue weighted by Crippen LogP contribution is 2.24. The van der Waals surface area contributed by atoms with Crippen LogP contribution in [0.25, 0.3) is 5.76 Å². The molecule has 1 saturated heterocycles. The van der Waals surface area contributed by atoms with Crippen LogP contribution in [0.4, 0.5) is 10.5 Å². The lowest BCUT2D eigenvalue weighted by molar-refractivity contribution is -0.120. The van der Waals surface area contributed by atoms with Crippen molar-refractivity contribution in [3.63, 3.8) is 0 Å². The minimum Gasteiger partial charge on any atom is -0.494 e. The van der Waals surface area contributed by atoms with E-state index in [0.29, 0.717) is 30.3 Å². The molecular formula is C14H17N3O3. The molecule has 3 amide bonds. The van der Waals surface area contributed by atoms with Crippen molar-refractivity contribution in [3.8, 4) is 0 Å². The Balaban J connectivity index is 2.31. The number of ether oxygens (including phenoxy) is 1. The number of imide groups is 1. The van der Waals surface area contributed by atoms with E-state index in [4.69, 9.17) is 4.74 Å². The average molecular weight is 275 g/mol. The second kappa shape index (κ2) is 5.73. The zero-order valence-corrected chi connectivity index (χ0v) is 11.6. The fourth-order valence-corrected chi connectivity index (χ4v) is 2.00. The monoisotopic (exact) mass is 275 g/mol. The molecule has 0 atom stereocenters. The number of aryl methyl sites for hydroxylation is 1. The number of nitrogens with zero attached hydrogens (tertiary/aromatic N) is 2. The fraction of sp³-hybridized carbons (Fsp3) is 0.357. The second-order valence-electron chi connectivity index (χ2n) is 4.44. The van der Waals surface area contributed by atoms with Crippen LogP contribution in [0.5, 0.6) is 0 Å². The van der Waals surface area contributed by atoms with Crippen molar-refractivity contribution in [3.05, 3.63) is 30.1 Å². The molecule has 1 N–H and O–H groups in total. The van der Waals surface area contributed by atoms with Gasteiger partial charge in [0.25, 0.3) is 0 Å². The minimum absolute atomic E-state index is 0.258. The van der Waals surface area contributed by atoms with E-state index in [0.717, 1.165) is 5.56 Å². The Morgan fingerprint density at radius 2 is 2.30 bits per heavy atom. The predicted molar refractivity (Wildman–Crippen MR) is 75.1 cm³/mol. The van der Waals surface area contributed by atoms with E-state index in [-0.39, 0.29) is 12.3 Å². The molecule has 106 valence electrons. The fourth-order valence-electron chi connectivity index (χ4n) is 2.00. The van der Waals surface area contributed by atoms with Gasteiger partial charge in [-0.25, -0.2) is 4.79 Å². The Morgan fingerprint density at radius 3 is 2.95 bits per heavy atom. The van der Waals surface area contributed by atoms with E-state index in [9.17, 15) is 9.59 Å². The van der Waals surface area contributed by atoms with Crippen LogP contribution in [0, 0.1) is 6.92 Å². The number of rotatable bonds is 4. The lowest BCUT2D eigenvalue weighted by atomic mass is 10.1. The smallest absolute Gasteiger partial charge is 0.328 e. The first-order valence-corrected chi connectivity index (χ1v) is 6.43. The molecule has 0 aromatic carbocycles. The summed E-state index contributed by atoms with van der Waals surface area (Å²) in [5.41, 5.74) is 2.09. The third-order valence-electron chi connectivity index (χ3n) is 3.05. The molecule has 0 unspecified atom stereocenters. The number of pyridine rings is 1. The molecule has 6 heteroatoms. The van der Waals surface area contributed by atoms with Gasteiger partial charge in [-0.15, -0.1) is 0 Å². The van der Waals surface area contributed by atoms with E-state index in [1.807, 2.05) is 13.8 Å². The highest BCUT2D eigenvalue weighted by Gasteiger charge is 2.26. The summed E-state index contributed by atoms with van der Waals surface area (Å²) >= 11 is 0. The van der Waals surface area contributed by atoms with Gasteiger partial charge < -0.3 is 4.74 Å². The van der Waals surface area contributed by atoms with Crippen LogP contribution in [0.15, 0.2) is 18.8 Å². The lowest BCUT2D eigenvalue weighted by Gasteiger charge is -2.27. The maximum absolute atomic E-state index is 11.9. The summed E-state index contributed by atoms with van der Waals surface area (Å²) in [6.45, 7) is 8.37. The predicted octanol–water partition coefficient (Wildman–Crippen LogP) is 1.84. The Labute approximate surface area is 117 Å². The highest BCUT2D eigenvalue weighted by atomic mass is 16.5. The largest absolute Gasteiger partial charge is 0.494 e. The van der Waals surface area contributed by atoms with Crippen LogP contribution in [-0.4, -0.2) is 30.1 Å². The summed E-state index contributed by atoms with van der Waals surface area (Å²) in [4.78, 5) is 28.8. The van der Waals surface area contributed by atoms with Gasteiger partial charge in [0.1, 0.15) is 5.76 Å². The molecule has 0 bridgehead atoms. The molecule has 0 aliphatic carbocycles. The lowest BCUT2D eigenvalue weighted by Crippen LogP contribution is -2.49. The molecule has 1 aliphatic heterocycles. The molecule has 1 aliphatic rings. The number of nitrogens with one attached hydrogen (secondary N) is 1. The summed E-state index contributed by atoms with van der Waals surface area (Å²) in [5.74, 6) is 0.251. The van der Waals surface area contributed by atoms with Crippen LogP contribution in [0.2, 0.25) is 0 Å². The third-order valence-corrected chi connectivity index (χ3v) is 3.05. The van der Waals surface area contributed by atoms with Gasteiger partial charge in [-0.3, -0.25) is 20.0 Å². The van der Waals surface area contributed by atoms with Crippen LogP contribution in [-0.2, 0) is 9.53 Å². The Hall–Kier alpha value is -2.37. The molecule has 1 aromatic heterocycles. The van der Waals surface area contributed by atoms with Crippen molar-refractivity contribution < 1.29 is 14.3 Å². The maximum Gasteiger partial charge on any atom is 0.328 e. The molecule has 1 aromatic rings. The number of carbonyl (C=O) groups is 2. The molecule has 6 nitrogen and oxygen atoms in total. The SMILES string of the molecule is C=C(OCC)c1cnc(C)c(N2CCC(=O)NC2=O)c1. The van der Waals surface area contributed by atoms with Crippen molar-refractivity contribution in [2.24, 2.45) is 0 Å². The van der Waals surface area contributed by atoms with Gasteiger partial charge in [0.2, 0.25) is 5.91 Å². The number of amides is 3. The van der Waals surface area contributed by atoms with Gasteiger partial charge in [0.15, 0.2) is 0 Å². The van der Waals surface area contributed by atoms with Crippen molar-refractivity contribution in [1.82, 2.24) is 10.3 Å². The molecule has 0 saturated carbocycles. The van der Waals surface area contributed by atoms with E-state index >= 15 is 0 Å². The van der Waals surface area contributed by atoms with Gasteiger partial charge >= 0.3 is 6.03 Å². The van der Waals surface area contributed by atoms with Crippen molar-refractivity contribution in [1.29, 1.82) is 0 Å². The molecule has 2 rings (SSSR count). The number of hydrogen-bond acceptors (Lipinski definition) is 4. The number of urea groups is 1. The zero-order chi connectivity index (χ0) is 14.7. The second-order valence-corrected chi connectivity index (χ2v) is 4.44. The summed E-state index contributed by atoms with van der Waals surface area (Å²) < 4.78 is 5.35. The van der Waals surface area contributed by atoms with Crippen molar-refractivity contribution >= 4 is 23.4 Å². The molecule has 20 heavy (non-hydrogen) atoms. The average Bonchev–Trinajstić information content (AvgIpc) is 2.40. The van der Waals surface area contributed by atoms with Crippen LogP contribution >= 0.6 is 0 Å². The first kappa shape index (κ1) is 14.0. The minimum atomic E-state index is -0.426. The van der Waals surface area contributed by atoms with Crippen molar-refractivity contribution in [2.45, 2.75) is 20.3 Å². The quantitative estimate of drug-likeness (QED) is 0.851. The first-order chi connectivity index (χ1) is 9.52. The van der Waals surface area contributed by atoms with E-state index in [2.05, 4.69) is 16.9 Å². The first-order valence-electron chi connectivity index (χ1n) is 6.43. The van der Waals surface area contributed by atoms with Crippen LogP contribution < -0.4 is 10.2 Å². The van der Waals surface area contributed by atoms with Crippen molar-refractivity contribution in [2.75, 3.05) is 18.1 Å². The van der Waals surface area contributed by atoms with Gasteiger partial charge in [-0.2, -0.15) is 0 Å². The van der Waals surface area contributed by atoms with Gasteiger partial charge in [-0.1, -0.05) is 6.58 Å². The number of aromatic nitrogens is 1. The van der Waals surface area contributed by atoms with Crippen LogP contribution in [0.1, 0.15) is 24.6 Å². The van der Waals surface area contributed by atoms with E-state index < -0.39 is 6.03 Å². The van der Waals surface area contributed by atoms with E-state index in [1.165, 1.54) is 4.90 Å². The van der Waals surface area contributed by atoms with Gasteiger partial charge in [0.05, 0.1) is 18.0 Å². The maximum atomic E-state index is 11.9. The Bertz CT molecular complexity index is 569. The molecular weight excluding hydrogens is 258 g/mol. The summed E-state index contributed by atoms with van der Waals surface area (Å²) in [6.07, 6.45) is 1.94. The standard InChI is InChI=1S/C14H17N3O3/c1-4-20-10(3)11-7-12(9(2)15-8-11)17-6-5-13(18)16-14(17)19/h7-8H,3-6H2,1-2H3,(H,16,18,19). The summed E-state index contributed by atoms with van der Waals surface area (Å²) in [6, 6.07) is 1.38. The molecule has 0 spiro atoms. The highest BCUT2D eigenvalue weighted by molar-refractivity contribution is 6.05.